The predicted octanol–water partition coefficient (Wildman–Crippen LogP) is 3.58. The number of nitriles is 1. The Morgan fingerprint density at radius 1 is 1.00 bits per heavy atom. The van der Waals surface area contributed by atoms with Gasteiger partial charge in [0, 0.05) is 10.8 Å². The summed E-state index contributed by atoms with van der Waals surface area (Å²) in [6, 6.07) is 21.5. The summed E-state index contributed by atoms with van der Waals surface area (Å²) in [6.45, 7) is 0.302. The predicted molar refractivity (Wildman–Crippen MR) is 116 cm³/mol. The van der Waals surface area contributed by atoms with Crippen LogP contribution in [0.3, 0.4) is 0 Å². The Balaban J connectivity index is 0.000000176. The van der Waals surface area contributed by atoms with Crippen molar-refractivity contribution in [1.82, 2.24) is 14.9 Å². The van der Waals surface area contributed by atoms with Gasteiger partial charge in [-0.15, -0.1) is 0 Å². The van der Waals surface area contributed by atoms with Crippen molar-refractivity contribution in [3.63, 3.8) is 0 Å². The molecular formula is C21H18N6S. The number of hydrogen-bond acceptors (Lipinski definition) is 5. The minimum Gasteiger partial charge on any atom is -0.397 e. The zero-order valence-electron chi connectivity index (χ0n) is 15.0. The number of rotatable bonds is 2. The molecule has 2 aromatic carbocycles. The van der Waals surface area contributed by atoms with Crippen LogP contribution < -0.4 is 11.5 Å². The maximum atomic E-state index is 8.85. The second-order valence-electron chi connectivity index (χ2n) is 5.98. The molecule has 0 spiro atoms. The average Bonchev–Trinajstić information content (AvgIpc) is 2.72. The van der Waals surface area contributed by atoms with Crippen LogP contribution in [0.25, 0.3) is 21.8 Å². The highest BCUT2D eigenvalue weighted by Crippen LogP contribution is 2.13. The standard InChI is InChI=1S/C12H10N4S.C9H8N2/c13-8-16(12(14)17)7-10-6-5-9-3-1-2-4-11(9)15-10;10-8-5-7-3-1-2-4-9(7)11-6-8/h1-6H,7H2,(H2,14,17);1-6H,10H2. The fraction of sp³-hybridized carbons (Fsp3) is 0.0476. The third kappa shape index (κ3) is 4.69. The molecule has 28 heavy (non-hydrogen) atoms. The Bertz CT molecular complexity index is 1170. The molecule has 4 N–H and O–H groups in total. The number of fused-ring (bicyclic) bond motifs is 2. The molecule has 4 rings (SSSR count). The summed E-state index contributed by atoms with van der Waals surface area (Å²) in [4.78, 5) is 9.82. The van der Waals surface area contributed by atoms with Gasteiger partial charge in [0.1, 0.15) is 0 Å². The first-order valence-electron chi connectivity index (χ1n) is 8.48. The second-order valence-corrected chi connectivity index (χ2v) is 6.40. The summed E-state index contributed by atoms with van der Waals surface area (Å²) >= 11 is 4.76. The summed E-state index contributed by atoms with van der Waals surface area (Å²) in [5.41, 5.74) is 14.3. The van der Waals surface area contributed by atoms with Gasteiger partial charge in [-0.05, 0) is 36.5 Å². The van der Waals surface area contributed by atoms with Crippen molar-refractivity contribution >= 4 is 44.8 Å². The summed E-state index contributed by atoms with van der Waals surface area (Å²) in [5, 5.41) is 11.1. The number of pyridine rings is 2. The van der Waals surface area contributed by atoms with Crippen molar-refractivity contribution in [1.29, 1.82) is 5.26 Å². The van der Waals surface area contributed by atoms with Gasteiger partial charge in [-0.3, -0.25) is 9.97 Å². The Kier molecular flexibility index (Phi) is 5.94. The molecule has 0 aliphatic carbocycles. The van der Waals surface area contributed by atoms with Crippen molar-refractivity contribution in [2.45, 2.75) is 6.54 Å². The molecule has 6 nitrogen and oxygen atoms in total. The number of thiocarbonyl (C=S) groups is 1. The van der Waals surface area contributed by atoms with Crippen molar-refractivity contribution in [3.05, 3.63) is 78.6 Å². The monoisotopic (exact) mass is 386 g/mol. The lowest BCUT2D eigenvalue weighted by molar-refractivity contribution is 0.566. The van der Waals surface area contributed by atoms with Crippen LogP contribution >= 0.6 is 12.2 Å². The van der Waals surface area contributed by atoms with Gasteiger partial charge in [-0.1, -0.05) is 42.5 Å². The molecule has 0 unspecified atom stereocenters. The average molecular weight is 386 g/mol. The Morgan fingerprint density at radius 3 is 2.39 bits per heavy atom. The van der Waals surface area contributed by atoms with Gasteiger partial charge >= 0.3 is 0 Å². The maximum absolute atomic E-state index is 8.85. The normalized spacial score (nSPS) is 9.96. The van der Waals surface area contributed by atoms with Crippen LogP contribution in [0.4, 0.5) is 5.69 Å². The highest BCUT2D eigenvalue weighted by atomic mass is 32.1. The Hall–Kier alpha value is -3.76. The highest BCUT2D eigenvalue weighted by molar-refractivity contribution is 7.80. The van der Waals surface area contributed by atoms with Crippen LogP contribution in [0.1, 0.15) is 5.69 Å². The third-order valence-corrected chi connectivity index (χ3v) is 4.19. The number of para-hydroxylation sites is 2. The smallest absolute Gasteiger partial charge is 0.186 e. The summed E-state index contributed by atoms with van der Waals surface area (Å²) in [7, 11) is 0. The van der Waals surface area contributed by atoms with Gasteiger partial charge in [-0.25, -0.2) is 4.90 Å². The molecular weight excluding hydrogens is 368 g/mol. The summed E-state index contributed by atoms with van der Waals surface area (Å²) in [6.07, 6.45) is 3.59. The molecule has 2 heterocycles. The number of benzene rings is 2. The van der Waals surface area contributed by atoms with Crippen LogP contribution in [-0.4, -0.2) is 20.0 Å². The van der Waals surface area contributed by atoms with E-state index in [1.165, 1.54) is 4.90 Å². The summed E-state index contributed by atoms with van der Waals surface area (Å²) < 4.78 is 0. The van der Waals surface area contributed by atoms with E-state index in [2.05, 4.69) is 9.97 Å². The Morgan fingerprint density at radius 2 is 1.68 bits per heavy atom. The third-order valence-electron chi connectivity index (χ3n) is 3.97. The molecule has 0 aliphatic heterocycles. The number of aromatic nitrogens is 2. The van der Waals surface area contributed by atoms with Gasteiger partial charge < -0.3 is 11.5 Å². The summed E-state index contributed by atoms with van der Waals surface area (Å²) in [5.74, 6) is 0. The molecule has 138 valence electrons. The quantitative estimate of drug-likeness (QED) is 0.308. The van der Waals surface area contributed by atoms with Crippen LogP contribution in [0, 0.1) is 11.5 Å². The molecule has 7 heteroatoms. The van der Waals surface area contributed by atoms with E-state index in [0.29, 0.717) is 12.2 Å². The van der Waals surface area contributed by atoms with Crippen LogP contribution in [0.5, 0.6) is 0 Å². The molecule has 0 fully saturated rings. The van der Waals surface area contributed by atoms with Crippen molar-refractivity contribution < 1.29 is 0 Å². The van der Waals surface area contributed by atoms with Crippen molar-refractivity contribution in [3.8, 4) is 6.19 Å². The number of nitrogens with zero attached hydrogens (tertiary/aromatic N) is 4. The van der Waals surface area contributed by atoms with E-state index in [1.807, 2.05) is 72.9 Å². The molecule has 0 radical (unpaired) electrons. The van der Waals surface area contributed by atoms with E-state index >= 15 is 0 Å². The molecule has 2 aromatic heterocycles. The molecule has 0 amide bonds. The van der Waals surface area contributed by atoms with Crippen LogP contribution in [-0.2, 0) is 6.54 Å². The maximum Gasteiger partial charge on any atom is 0.186 e. The van der Waals surface area contributed by atoms with Crippen LogP contribution in [0.15, 0.2) is 72.9 Å². The minimum atomic E-state index is 0.0578. The van der Waals surface area contributed by atoms with Gasteiger partial charge in [0.25, 0.3) is 0 Å². The molecule has 0 saturated heterocycles. The van der Waals surface area contributed by atoms with E-state index in [-0.39, 0.29) is 5.11 Å². The van der Waals surface area contributed by atoms with Crippen LogP contribution in [0.2, 0.25) is 0 Å². The van der Waals surface area contributed by atoms with E-state index < -0.39 is 0 Å². The molecule has 0 atom stereocenters. The first-order valence-corrected chi connectivity index (χ1v) is 8.89. The largest absolute Gasteiger partial charge is 0.397 e. The lowest BCUT2D eigenvalue weighted by Gasteiger charge is -2.12. The van der Waals surface area contributed by atoms with Gasteiger partial charge in [0.05, 0.1) is 35.2 Å². The molecule has 0 saturated carbocycles. The van der Waals surface area contributed by atoms with Gasteiger partial charge in [0.15, 0.2) is 11.3 Å². The van der Waals surface area contributed by atoms with E-state index in [9.17, 15) is 0 Å². The van der Waals surface area contributed by atoms with Crippen molar-refractivity contribution in [2.24, 2.45) is 5.73 Å². The molecule has 0 bridgehead atoms. The van der Waals surface area contributed by atoms with E-state index in [0.717, 1.165) is 27.5 Å². The number of nitrogens with two attached hydrogens (primary N) is 2. The first-order chi connectivity index (χ1) is 13.6. The minimum absolute atomic E-state index is 0.0578. The first kappa shape index (κ1) is 19.0. The second kappa shape index (κ2) is 8.75. The number of hydrogen-bond donors (Lipinski definition) is 2. The van der Waals surface area contributed by atoms with E-state index in [1.54, 1.807) is 6.20 Å². The highest BCUT2D eigenvalue weighted by Gasteiger charge is 2.07. The fourth-order valence-electron chi connectivity index (χ4n) is 2.61. The van der Waals surface area contributed by atoms with Gasteiger partial charge in [0.2, 0.25) is 0 Å². The molecule has 0 aliphatic rings. The zero-order valence-corrected chi connectivity index (χ0v) is 15.8. The van der Waals surface area contributed by atoms with Crippen molar-refractivity contribution in [2.75, 3.05) is 5.73 Å². The molecule has 4 aromatic rings. The number of anilines is 1. The lowest BCUT2D eigenvalue weighted by atomic mass is 10.2. The zero-order chi connectivity index (χ0) is 19.9. The fourth-order valence-corrected chi connectivity index (χ4v) is 2.71. The van der Waals surface area contributed by atoms with E-state index in [4.69, 9.17) is 28.9 Å². The Labute approximate surface area is 168 Å². The SMILES string of the molecule is N#CN(Cc1ccc2ccccc2n1)C(N)=S.Nc1cnc2ccccc2c1. The lowest BCUT2D eigenvalue weighted by Crippen LogP contribution is -2.30. The number of nitrogen functional groups attached to an aromatic ring is 1. The van der Waals surface area contributed by atoms with Gasteiger partial charge in [-0.2, -0.15) is 5.26 Å². The topological polar surface area (TPSA) is 105 Å².